The lowest BCUT2D eigenvalue weighted by Gasteiger charge is -2.39. The van der Waals surface area contributed by atoms with Gasteiger partial charge in [0, 0.05) is 23.5 Å². The van der Waals surface area contributed by atoms with Gasteiger partial charge in [0.2, 0.25) is 5.91 Å². The molecule has 156 valence electrons. The summed E-state index contributed by atoms with van der Waals surface area (Å²) >= 11 is 0. The number of aromatic nitrogens is 1. The van der Waals surface area contributed by atoms with E-state index in [1.54, 1.807) is 25.1 Å². The highest BCUT2D eigenvalue weighted by molar-refractivity contribution is 5.93. The van der Waals surface area contributed by atoms with Gasteiger partial charge in [-0.05, 0) is 82.9 Å². The van der Waals surface area contributed by atoms with Crippen LogP contribution in [0.5, 0.6) is 0 Å². The summed E-state index contributed by atoms with van der Waals surface area (Å²) in [5, 5.41) is 0. The van der Waals surface area contributed by atoms with Crippen molar-refractivity contribution < 1.29 is 18.7 Å². The molecule has 3 rings (SSSR count). The number of benzene rings is 1. The number of carbonyl (C=O) groups excluding carboxylic acids is 2. The number of ether oxygens (including phenoxy) is 1. The van der Waals surface area contributed by atoms with Crippen LogP contribution in [-0.4, -0.2) is 40.0 Å². The Balaban J connectivity index is 2.00. The molecule has 0 spiro atoms. The highest BCUT2D eigenvalue weighted by Gasteiger charge is 2.30. The fourth-order valence-electron chi connectivity index (χ4n) is 4.25. The molecule has 2 heterocycles. The van der Waals surface area contributed by atoms with Gasteiger partial charge in [-0.2, -0.15) is 0 Å². The van der Waals surface area contributed by atoms with Gasteiger partial charge >= 0.3 is 5.97 Å². The van der Waals surface area contributed by atoms with Crippen molar-refractivity contribution in [3.8, 4) is 11.3 Å². The van der Waals surface area contributed by atoms with Crippen LogP contribution in [0.25, 0.3) is 11.3 Å². The molecule has 6 heteroatoms. The van der Waals surface area contributed by atoms with Gasteiger partial charge < -0.3 is 14.2 Å². The van der Waals surface area contributed by atoms with Crippen LogP contribution in [-0.2, 0) is 16.1 Å². The molecule has 1 aromatic carbocycles. The van der Waals surface area contributed by atoms with Crippen molar-refractivity contribution in [1.29, 1.82) is 0 Å². The van der Waals surface area contributed by atoms with Crippen molar-refractivity contribution in [3.63, 3.8) is 0 Å². The Kier molecular flexibility index (Phi) is 6.40. The molecule has 2 atom stereocenters. The Morgan fingerprint density at radius 1 is 1.14 bits per heavy atom. The number of halogens is 1. The molecular weight excluding hydrogens is 371 g/mol. The first-order valence-corrected chi connectivity index (χ1v) is 10.3. The van der Waals surface area contributed by atoms with E-state index in [-0.39, 0.29) is 37.0 Å². The smallest absolute Gasteiger partial charge is 0.339 e. The van der Waals surface area contributed by atoms with Crippen LogP contribution in [0.2, 0.25) is 0 Å². The van der Waals surface area contributed by atoms with E-state index in [0.29, 0.717) is 17.0 Å². The first kappa shape index (κ1) is 21.1. The standard InChI is InChI=1S/C23H29FN2O3/c1-5-29-23(28)20-13-21(18-9-11-19(24)12-10-18)25(17(20)4)14-22(27)26-15(2)7-6-8-16(26)3/h9-13,15-16H,5-8,14H2,1-4H3/t15-,16-/m1/s1. The summed E-state index contributed by atoms with van der Waals surface area (Å²) in [6, 6.07) is 8.20. The summed E-state index contributed by atoms with van der Waals surface area (Å²) in [7, 11) is 0. The van der Waals surface area contributed by atoms with Crippen LogP contribution in [0.4, 0.5) is 4.39 Å². The first-order chi connectivity index (χ1) is 13.8. The number of hydrogen-bond acceptors (Lipinski definition) is 3. The van der Waals surface area contributed by atoms with E-state index in [1.807, 2.05) is 16.4 Å². The maximum absolute atomic E-state index is 13.4. The largest absolute Gasteiger partial charge is 0.462 e. The molecule has 2 aromatic rings. The molecule has 5 nitrogen and oxygen atoms in total. The Morgan fingerprint density at radius 3 is 2.34 bits per heavy atom. The minimum Gasteiger partial charge on any atom is -0.462 e. The van der Waals surface area contributed by atoms with Crippen molar-refractivity contribution in [3.05, 3.63) is 47.4 Å². The van der Waals surface area contributed by atoms with Crippen LogP contribution in [0.3, 0.4) is 0 Å². The van der Waals surface area contributed by atoms with Crippen LogP contribution >= 0.6 is 0 Å². The second-order valence-electron chi connectivity index (χ2n) is 7.77. The van der Waals surface area contributed by atoms with E-state index in [1.165, 1.54) is 12.1 Å². The molecule has 29 heavy (non-hydrogen) atoms. The molecule has 1 fully saturated rings. The average molecular weight is 400 g/mol. The molecule has 1 saturated heterocycles. The fraction of sp³-hybridized carbons (Fsp3) is 0.478. The SMILES string of the molecule is CCOC(=O)c1cc(-c2ccc(F)cc2)n(CC(=O)N2[C@H](C)CCC[C@H]2C)c1C. The molecule has 0 unspecified atom stereocenters. The minimum atomic E-state index is -0.417. The Hall–Kier alpha value is -2.63. The molecule has 1 aromatic heterocycles. The third-order valence-electron chi connectivity index (χ3n) is 5.78. The van der Waals surface area contributed by atoms with Crippen LogP contribution in [0.15, 0.2) is 30.3 Å². The molecule has 0 aliphatic carbocycles. The summed E-state index contributed by atoms with van der Waals surface area (Å²) in [6.45, 7) is 8.15. The monoisotopic (exact) mass is 400 g/mol. The average Bonchev–Trinajstić information content (AvgIpc) is 2.99. The van der Waals surface area contributed by atoms with Crippen LogP contribution < -0.4 is 0 Å². The van der Waals surface area contributed by atoms with E-state index < -0.39 is 5.97 Å². The third-order valence-corrected chi connectivity index (χ3v) is 5.78. The topological polar surface area (TPSA) is 51.5 Å². The van der Waals surface area contributed by atoms with Crippen molar-refractivity contribution in [1.82, 2.24) is 9.47 Å². The van der Waals surface area contributed by atoms with Gasteiger partial charge in [-0.1, -0.05) is 0 Å². The fourth-order valence-corrected chi connectivity index (χ4v) is 4.25. The number of amides is 1. The number of hydrogen-bond donors (Lipinski definition) is 0. The molecule has 1 aliphatic heterocycles. The van der Waals surface area contributed by atoms with Crippen molar-refractivity contribution in [2.45, 2.75) is 65.6 Å². The number of likely N-dealkylation sites (tertiary alicyclic amines) is 1. The summed E-state index contributed by atoms with van der Waals surface area (Å²) in [4.78, 5) is 27.6. The quantitative estimate of drug-likeness (QED) is 0.691. The first-order valence-electron chi connectivity index (χ1n) is 10.3. The highest BCUT2D eigenvalue weighted by Crippen LogP contribution is 2.29. The molecule has 1 aliphatic rings. The van der Waals surface area contributed by atoms with Gasteiger partial charge in [0.15, 0.2) is 0 Å². The maximum atomic E-state index is 13.4. The highest BCUT2D eigenvalue weighted by atomic mass is 19.1. The van der Waals surface area contributed by atoms with E-state index in [2.05, 4.69) is 13.8 Å². The van der Waals surface area contributed by atoms with E-state index in [9.17, 15) is 14.0 Å². The molecule has 0 N–H and O–H groups in total. The van der Waals surface area contributed by atoms with Crippen LogP contribution in [0, 0.1) is 12.7 Å². The van der Waals surface area contributed by atoms with E-state index in [0.717, 1.165) is 24.8 Å². The van der Waals surface area contributed by atoms with Gasteiger partial charge in [-0.15, -0.1) is 0 Å². The molecule has 0 bridgehead atoms. The molecule has 0 radical (unpaired) electrons. The third kappa shape index (κ3) is 4.36. The van der Waals surface area contributed by atoms with Gasteiger partial charge in [-0.25, -0.2) is 9.18 Å². The maximum Gasteiger partial charge on any atom is 0.339 e. The summed E-state index contributed by atoms with van der Waals surface area (Å²) in [5.74, 6) is -0.720. The molecule has 0 saturated carbocycles. The zero-order valence-electron chi connectivity index (χ0n) is 17.6. The lowest BCUT2D eigenvalue weighted by molar-refractivity contribution is -0.137. The van der Waals surface area contributed by atoms with Crippen molar-refractivity contribution in [2.24, 2.45) is 0 Å². The summed E-state index contributed by atoms with van der Waals surface area (Å²) in [5.41, 5.74) is 2.56. The van der Waals surface area contributed by atoms with E-state index >= 15 is 0 Å². The van der Waals surface area contributed by atoms with Crippen molar-refractivity contribution >= 4 is 11.9 Å². The van der Waals surface area contributed by atoms with Gasteiger partial charge in [0.25, 0.3) is 0 Å². The molecular formula is C23H29FN2O3. The summed E-state index contributed by atoms with van der Waals surface area (Å²) in [6.07, 6.45) is 3.13. The minimum absolute atomic E-state index is 0.0298. The predicted molar refractivity (Wildman–Crippen MR) is 110 cm³/mol. The normalized spacial score (nSPS) is 19.3. The lowest BCUT2D eigenvalue weighted by atomic mass is 9.97. The second kappa shape index (κ2) is 8.80. The zero-order valence-corrected chi connectivity index (χ0v) is 17.6. The zero-order chi connectivity index (χ0) is 21.1. The Morgan fingerprint density at radius 2 is 1.76 bits per heavy atom. The van der Waals surface area contributed by atoms with Gasteiger partial charge in [-0.3, -0.25) is 4.79 Å². The Labute approximate surface area is 171 Å². The number of carbonyl (C=O) groups is 2. The number of piperidine rings is 1. The van der Waals surface area contributed by atoms with Crippen LogP contribution in [0.1, 0.15) is 56.1 Å². The number of rotatable bonds is 5. The lowest BCUT2D eigenvalue weighted by Crippen LogP contribution is -2.48. The summed E-state index contributed by atoms with van der Waals surface area (Å²) < 4.78 is 20.4. The van der Waals surface area contributed by atoms with E-state index in [4.69, 9.17) is 4.74 Å². The number of nitrogens with zero attached hydrogens (tertiary/aromatic N) is 2. The number of esters is 1. The van der Waals surface area contributed by atoms with Gasteiger partial charge in [0.05, 0.1) is 12.2 Å². The second-order valence-corrected chi connectivity index (χ2v) is 7.77. The Bertz CT molecular complexity index is 878. The van der Waals surface area contributed by atoms with Gasteiger partial charge in [0.1, 0.15) is 12.4 Å². The molecule has 1 amide bonds. The van der Waals surface area contributed by atoms with Crippen molar-refractivity contribution in [2.75, 3.05) is 6.61 Å². The predicted octanol–water partition coefficient (Wildman–Crippen LogP) is 4.57.